The molecule has 0 aliphatic rings. The third-order valence-electron chi connectivity index (χ3n) is 7.26. The molecule has 0 aromatic heterocycles. The Balaban J connectivity index is 7.03. The molecule has 0 N–H and O–H groups in total. The Hall–Kier alpha value is -1.27. The van der Waals surface area contributed by atoms with Crippen LogP contribution in [0.1, 0.15) is 91.9 Å². The SMILES string of the molecule is CCCCCCCCC(C(CC)(OCC)OCC)C(F)(F)C(F)(F)C(F)(F)C(F)(F)C(F)(F)C(F)(F)C(F)(F)CCC(F)(F)F. The zero-order valence-corrected chi connectivity index (χ0v) is 24.8. The lowest BCUT2D eigenvalue weighted by atomic mass is 9.78. The first kappa shape index (κ1) is 43.7. The zero-order valence-electron chi connectivity index (χ0n) is 24.8. The highest BCUT2D eigenvalue weighted by Gasteiger charge is 2.93. The van der Waals surface area contributed by atoms with E-state index in [2.05, 4.69) is 0 Å². The largest absolute Gasteiger partial charge is 0.389 e. The minimum atomic E-state index is -8.39. The Morgan fingerprint density at radius 1 is 0.467 bits per heavy atom. The highest BCUT2D eigenvalue weighted by molar-refractivity contribution is 5.15. The third kappa shape index (κ3) is 8.61. The fourth-order valence-electron chi connectivity index (χ4n) is 4.69. The summed E-state index contributed by atoms with van der Waals surface area (Å²) in [6, 6.07) is 0. The molecular formula is C26H37F17O2. The van der Waals surface area contributed by atoms with Crippen molar-refractivity contribution in [2.75, 3.05) is 13.2 Å². The smallest absolute Gasteiger partial charge is 0.350 e. The van der Waals surface area contributed by atoms with Gasteiger partial charge in [0.2, 0.25) is 0 Å². The molecule has 2 nitrogen and oxygen atoms in total. The molecule has 0 fully saturated rings. The number of rotatable bonds is 22. The van der Waals surface area contributed by atoms with E-state index in [0.29, 0.717) is 25.7 Å². The van der Waals surface area contributed by atoms with Gasteiger partial charge in [0.05, 0.1) is 5.92 Å². The minimum absolute atomic E-state index is 0.0000498. The summed E-state index contributed by atoms with van der Waals surface area (Å²) in [5, 5.41) is 0. The fraction of sp³-hybridized carbons (Fsp3) is 1.00. The van der Waals surface area contributed by atoms with Crippen LogP contribution in [0, 0.1) is 5.92 Å². The van der Waals surface area contributed by atoms with Gasteiger partial charge in [-0.1, -0.05) is 52.4 Å². The lowest BCUT2D eigenvalue weighted by molar-refractivity contribution is -0.452. The number of alkyl halides is 17. The van der Waals surface area contributed by atoms with Crippen molar-refractivity contribution in [3.63, 3.8) is 0 Å². The quantitative estimate of drug-likeness (QED) is 0.0635. The Labute approximate surface area is 249 Å². The van der Waals surface area contributed by atoms with Gasteiger partial charge in [0, 0.05) is 26.1 Å². The second-order valence-corrected chi connectivity index (χ2v) is 10.5. The van der Waals surface area contributed by atoms with Crippen LogP contribution in [0.4, 0.5) is 74.6 Å². The van der Waals surface area contributed by atoms with Gasteiger partial charge in [-0.05, 0) is 26.7 Å². The zero-order chi connectivity index (χ0) is 36.0. The average molecular weight is 705 g/mol. The topological polar surface area (TPSA) is 18.5 Å². The Morgan fingerprint density at radius 3 is 1.27 bits per heavy atom. The van der Waals surface area contributed by atoms with Crippen molar-refractivity contribution in [1.29, 1.82) is 0 Å². The van der Waals surface area contributed by atoms with Gasteiger partial charge >= 0.3 is 47.6 Å². The van der Waals surface area contributed by atoms with Crippen molar-refractivity contribution >= 4 is 0 Å². The van der Waals surface area contributed by atoms with E-state index in [4.69, 9.17) is 9.47 Å². The van der Waals surface area contributed by atoms with Crippen LogP contribution < -0.4 is 0 Å². The molecule has 0 aromatic carbocycles. The molecule has 272 valence electrons. The maximum Gasteiger partial charge on any atom is 0.389 e. The van der Waals surface area contributed by atoms with Crippen LogP contribution in [-0.4, -0.2) is 66.6 Å². The summed E-state index contributed by atoms with van der Waals surface area (Å²) < 4.78 is 250. The van der Waals surface area contributed by atoms with Gasteiger partial charge in [-0.2, -0.15) is 74.6 Å². The predicted molar refractivity (Wildman–Crippen MR) is 128 cm³/mol. The van der Waals surface area contributed by atoms with E-state index in [1.165, 1.54) is 0 Å². The lowest BCUT2D eigenvalue weighted by Gasteiger charge is -2.48. The summed E-state index contributed by atoms with van der Waals surface area (Å²) >= 11 is 0. The molecular weight excluding hydrogens is 667 g/mol. The van der Waals surface area contributed by atoms with E-state index < -0.39 is 105 Å². The van der Waals surface area contributed by atoms with E-state index >= 15 is 17.6 Å². The molecule has 0 aliphatic heterocycles. The summed E-state index contributed by atoms with van der Waals surface area (Å²) in [6.45, 7) is 3.78. The van der Waals surface area contributed by atoms with Crippen LogP contribution in [0.5, 0.6) is 0 Å². The molecule has 0 saturated heterocycles. The number of ether oxygens (including phenoxy) is 2. The first-order chi connectivity index (χ1) is 20.1. The van der Waals surface area contributed by atoms with Crippen LogP contribution >= 0.6 is 0 Å². The van der Waals surface area contributed by atoms with Crippen molar-refractivity contribution < 1.29 is 84.1 Å². The van der Waals surface area contributed by atoms with Gasteiger partial charge in [0.25, 0.3) is 0 Å². The number of unbranched alkanes of at least 4 members (excludes halogenated alkanes) is 5. The Bertz CT molecular complexity index is 881. The molecule has 0 rings (SSSR count). The first-order valence-electron chi connectivity index (χ1n) is 14.1. The summed E-state index contributed by atoms with van der Waals surface area (Å²) in [5.74, 6) is -60.1. The van der Waals surface area contributed by atoms with Crippen LogP contribution in [0.15, 0.2) is 0 Å². The summed E-state index contributed by atoms with van der Waals surface area (Å²) in [7, 11) is 0. The highest BCUT2D eigenvalue weighted by atomic mass is 19.4. The molecule has 45 heavy (non-hydrogen) atoms. The third-order valence-corrected chi connectivity index (χ3v) is 7.26. The maximum atomic E-state index is 15.6. The molecule has 0 aromatic rings. The van der Waals surface area contributed by atoms with Gasteiger partial charge in [-0.15, -0.1) is 0 Å². The minimum Gasteiger partial charge on any atom is -0.350 e. The van der Waals surface area contributed by atoms with E-state index in [-0.39, 0.29) is 6.42 Å². The molecule has 1 atom stereocenters. The summed E-state index contributed by atoms with van der Waals surface area (Å²) in [6.07, 6.45) is -12.5. The van der Waals surface area contributed by atoms with E-state index in [9.17, 15) is 57.1 Å². The van der Waals surface area contributed by atoms with Crippen molar-refractivity contribution in [2.24, 2.45) is 5.92 Å². The first-order valence-corrected chi connectivity index (χ1v) is 14.1. The van der Waals surface area contributed by atoms with Crippen LogP contribution in [0.25, 0.3) is 0 Å². The second-order valence-electron chi connectivity index (χ2n) is 10.5. The van der Waals surface area contributed by atoms with Crippen LogP contribution in [0.2, 0.25) is 0 Å². The van der Waals surface area contributed by atoms with Crippen molar-refractivity contribution in [3.8, 4) is 0 Å². The van der Waals surface area contributed by atoms with Gasteiger partial charge in [-0.3, -0.25) is 0 Å². The van der Waals surface area contributed by atoms with Gasteiger partial charge in [0.1, 0.15) is 0 Å². The molecule has 0 radical (unpaired) electrons. The molecule has 0 heterocycles. The van der Waals surface area contributed by atoms with Crippen molar-refractivity contribution in [3.05, 3.63) is 0 Å². The average Bonchev–Trinajstić information content (AvgIpc) is 2.90. The summed E-state index contributed by atoms with van der Waals surface area (Å²) in [4.78, 5) is 0. The molecule has 0 bridgehead atoms. The highest BCUT2D eigenvalue weighted by Crippen LogP contribution is 2.64. The molecule has 0 spiro atoms. The molecule has 0 amide bonds. The molecule has 0 saturated carbocycles. The Morgan fingerprint density at radius 2 is 0.867 bits per heavy atom. The van der Waals surface area contributed by atoms with Crippen LogP contribution in [-0.2, 0) is 9.47 Å². The monoisotopic (exact) mass is 704 g/mol. The fourth-order valence-corrected chi connectivity index (χ4v) is 4.69. The summed E-state index contributed by atoms with van der Waals surface area (Å²) in [5.41, 5.74) is 0. The van der Waals surface area contributed by atoms with E-state index in [1.807, 2.05) is 0 Å². The number of hydrogen-bond acceptors (Lipinski definition) is 2. The van der Waals surface area contributed by atoms with Gasteiger partial charge in [-0.25, -0.2) is 0 Å². The van der Waals surface area contributed by atoms with Crippen LogP contribution in [0.3, 0.4) is 0 Å². The normalized spacial score (nSPS) is 15.9. The second kappa shape index (κ2) is 15.3. The predicted octanol–water partition coefficient (Wildman–Crippen LogP) is 11.3. The standard InChI is InChI=1S/C26H37F17O2/c1-5-9-10-11-12-13-14-17(18(6-2,44-7-3)45-8-4)21(32,33)23(36,37)25(40,41)26(42,43)24(38,39)22(34,35)19(27,28)15-16-20(29,30)31/h17H,5-16H2,1-4H3. The van der Waals surface area contributed by atoms with Gasteiger partial charge < -0.3 is 9.47 Å². The molecule has 1 unspecified atom stereocenters. The number of halogens is 17. The van der Waals surface area contributed by atoms with E-state index in [0.717, 1.165) is 20.8 Å². The Kier molecular flexibility index (Phi) is 14.9. The van der Waals surface area contributed by atoms with Crippen molar-refractivity contribution in [2.45, 2.75) is 145 Å². The lowest BCUT2D eigenvalue weighted by Crippen LogP contribution is -2.74. The molecule has 19 heteroatoms. The van der Waals surface area contributed by atoms with Gasteiger partial charge in [0.15, 0.2) is 5.79 Å². The maximum absolute atomic E-state index is 15.6. The molecule has 0 aliphatic carbocycles. The van der Waals surface area contributed by atoms with E-state index in [1.54, 1.807) is 6.92 Å². The number of hydrogen-bond donors (Lipinski definition) is 0. The van der Waals surface area contributed by atoms with Crippen molar-refractivity contribution in [1.82, 2.24) is 0 Å².